The van der Waals surface area contributed by atoms with Crippen LogP contribution in [-0.4, -0.2) is 56.4 Å². The number of nitrogens with zero attached hydrogens (tertiary/aromatic N) is 1. The predicted molar refractivity (Wildman–Crippen MR) is 72.4 cm³/mol. The molecule has 0 saturated heterocycles. The summed E-state index contributed by atoms with van der Waals surface area (Å²) in [5.74, 6) is 0.114. The van der Waals surface area contributed by atoms with Crippen LogP contribution in [-0.2, 0) is 14.3 Å². The van der Waals surface area contributed by atoms with E-state index in [4.69, 9.17) is 15.2 Å². The van der Waals surface area contributed by atoms with Crippen molar-refractivity contribution in [3.8, 4) is 0 Å². The molecule has 0 aliphatic rings. The summed E-state index contributed by atoms with van der Waals surface area (Å²) < 4.78 is 10.6. The lowest BCUT2D eigenvalue weighted by Crippen LogP contribution is -2.48. The zero-order chi connectivity index (χ0) is 14.0. The molecule has 0 unspecified atom stereocenters. The summed E-state index contributed by atoms with van der Waals surface area (Å²) in [6.45, 7) is 11.3. The highest BCUT2D eigenvalue weighted by Crippen LogP contribution is 2.04. The molecule has 0 aromatic carbocycles. The Balaban J connectivity index is 4.28. The third-order valence-electron chi connectivity index (χ3n) is 2.73. The molecule has 0 aromatic heterocycles. The minimum atomic E-state index is -0.451. The molecule has 0 aromatic rings. The van der Waals surface area contributed by atoms with Gasteiger partial charge in [-0.2, -0.15) is 0 Å². The standard InChI is InChI=1S/C13H28N2O3/c1-5-17-9-7-15(8-10-18-6-2)13(16)12(14)11(3)4/h11-12H,5-10,14H2,1-4H3/t12-/m1/s1. The number of hydrogen-bond donors (Lipinski definition) is 1. The van der Waals surface area contributed by atoms with Crippen LogP contribution in [0.5, 0.6) is 0 Å². The van der Waals surface area contributed by atoms with Crippen molar-refractivity contribution >= 4 is 5.91 Å². The molecule has 0 rings (SSSR count). The average Bonchev–Trinajstić information content (AvgIpc) is 2.35. The molecule has 1 amide bonds. The Hall–Kier alpha value is -0.650. The zero-order valence-corrected chi connectivity index (χ0v) is 12.1. The number of carbonyl (C=O) groups is 1. The van der Waals surface area contributed by atoms with Gasteiger partial charge in [0, 0.05) is 26.3 Å². The summed E-state index contributed by atoms with van der Waals surface area (Å²) in [6.07, 6.45) is 0. The van der Waals surface area contributed by atoms with Crippen LogP contribution in [0.1, 0.15) is 27.7 Å². The number of nitrogens with two attached hydrogens (primary N) is 1. The van der Waals surface area contributed by atoms with Crippen LogP contribution in [0, 0.1) is 5.92 Å². The minimum absolute atomic E-state index is 0.0237. The number of ether oxygens (including phenoxy) is 2. The first kappa shape index (κ1) is 17.4. The van der Waals surface area contributed by atoms with E-state index in [0.29, 0.717) is 39.5 Å². The van der Waals surface area contributed by atoms with Crippen molar-refractivity contribution in [2.24, 2.45) is 11.7 Å². The first-order chi connectivity index (χ1) is 8.54. The Morgan fingerprint density at radius 1 is 1.11 bits per heavy atom. The largest absolute Gasteiger partial charge is 0.380 e. The molecule has 0 fully saturated rings. The molecule has 0 bridgehead atoms. The molecule has 5 heteroatoms. The summed E-state index contributed by atoms with van der Waals surface area (Å²) in [6, 6.07) is -0.451. The second-order valence-electron chi connectivity index (χ2n) is 4.49. The van der Waals surface area contributed by atoms with Crippen molar-refractivity contribution in [1.29, 1.82) is 0 Å². The molecule has 0 saturated carbocycles. The molecular formula is C13H28N2O3. The van der Waals surface area contributed by atoms with Crippen molar-refractivity contribution in [3.63, 3.8) is 0 Å². The molecule has 18 heavy (non-hydrogen) atoms. The topological polar surface area (TPSA) is 64.8 Å². The molecule has 1 atom stereocenters. The van der Waals surface area contributed by atoms with Gasteiger partial charge in [-0.15, -0.1) is 0 Å². The highest BCUT2D eigenvalue weighted by Gasteiger charge is 2.23. The monoisotopic (exact) mass is 260 g/mol. The molecule has 0 aliphatic carbocycles. The fourth-order valence-electron chi connectivity index (χ4n) is 1.47. The highest BCUT2D eigenvalue weighted by molar-refractivity contribution is 5.81. The quantitative estimate of drug-likeness (QED) is 0.592. The maximum Gasteiger partial charge on any atom is 0.239 e. The smallest absolute Gasteiger partial charge is 0.239 e. The van der Waals surface area contributed by atoms with Gasteiger partial charge in [0.25, 0.3) is 0 Å². The summed E-state index contributed by atoms with van der Waals surface area (Å²) >= 11 is 0. The lowest BCUT2D eigenvalue weighted by molar-refractivity contribution is -0.135. The van der Waals surface area contributed by atoms with Crippen LogP contribution in [0.3, 0.4) is 0 Å². The van der Waals surface area contributed by atoms with Gasteiger partial charge < -0.3 is 20.1 Å². The molecular weight excluding hydrogens is 232 g/mol. The number of hydrogen-bond acceptors (Lipinski definition) is 4. The van der Waals surface area contributed by atoms with Crippen molar-refractivity contribution < 1.29 is 14.3 Å². The molecule has 0 spiro atoms. The summed E-state index contributed by atoms with van der Waals surface area (Å²) in [5, 5.41) is 0. The Labute approximate surface area is 111 Å². The van der Waals surface area contributed by atoms with Crippen LogP contribution in [0.25, 0.3) is 0 Å². The maximum atomic E-state index is 12.2. The van der Waals surface area contributed by atoms with E-state index >= 15 is 0 Å². The first-order valence-corrected chi connectivity index (χ1v) is 6.74. The molecule has 108 valence electrons. The van der Waals surface area contributed by atoms with Crippen LogP contribution in [0.2, 0.25) is 0 Å². The van der Waals surface area contributed by atoms with Gasteiger partial charge in [0.05, 0.1) is 19.3 Å². The second-order valence-corrected chi connectivity index (χ2v) is 4.49. The molecule has 0 aliphatic heterocycles. The molecule has 0 radical (unpaired) electrons. The van der Waals surface area contributed by atoms with E-state index in [1.807, 2.05) is 27.7 Å². The van der Waals surface area contributed by atoms with Crippen molar-refractivity contribution in [2.45, 2.75) is 33.7 Å². The third kappa shape index (κ3) is 6.93. The van der Waals surface area contributed by atoms with Crippen molar-refractivity contribution in [2.75, 3.05) is 39.5 Å². The summed E-state index contributed by atoms with van der Waals surface area (Å²) in [4.78, 5) is 13.9. The lowest BCUT2D eigenvalue weighted by Gasteiger charge is -2.27. The lowest BCUT2D eigenvalue weighted by atomic mass is 10.0. The van der Waals surface area contributed by atoms with E-state index in [2.05, 4.69) is 0 Å². The zero-order valence-electron chi connectivity index (χ0n) is 12.1. The van der Waals surface area contributed by atoms with Gasteiger partial charge >= 0.3 is 0 Å². The van der Waals surface area contributed by atoms with E-state index in [1.165, 1.54) is 0 Å². The van der Waals surface area contributed by atoms with E-state index in [-0.39, 0.29) is 11.8 Å². The van der Waals surface area contributed by atoms with Gasteiger partial charge in [0.15, 0.2) is 0 Å². The Morgan fingerprint density at radius 2 is 1.56 bits per heavy atom. The molecule has 5 nitrogen and oxygen atoms in total. The SMILES string of the molecule is CCOCCN(CCOCC)C(=O)[C@H](N)C(C)C. The van der Waals surface area contributed by atoms with Gasteiger partial charge in [-0.25, -0.2) is 0 Å². The van der Waals surface area contributed by atoms with E-state index in [9.17, 15) is 4.79 Å². The summed E-state index contributed by atoms with van der Waals surface area (Å²) in [7, 11) is 0. The Bertz CT molecular complexity index is 212. The Kier molecular flexibility index (Phi) is 9.92. The van der Waals surface area contributed by atoms with E-state index in [0.717, 1.165) is 0 Å². The molecule has 0 heterocycles. The Morgan fingerprint density at radius 3 is 1.89 bits per heavy atom. The first-order valence-electron chi connectivity index (χ1n) is 6.74. The van der Waals surface area contributed by atoms with Gasteiger partial charge in [-0.05, 0) is 19.8 Å². The van der Waals surface area contributed by atoms with Gasteiger partial charge in [-0.1, -0.05) is 13.8 Å². The maximum absolute atomic E-state index is 12.2. The van der Waals surface area contributed by atoms with Crippen LogP contribution < -0.4 is 5.73 Å². The van der Waals surface area contributed by atoms with Crippen LogP contribution >= 0.6 is 0 Å². The van der Waals surface area contributed by atoms with Crippen molar-refractivity contribution in [3.05, 3.63) is 0 Å². The third-order valence-corrected chi connectivity index (χ3v) is 2.73. The predicted octanol–water partition coefficient (Wildman–Crippen LogP) is 0.871. The normalized spacial score (nSPS) is 12.8. The van der Waals surface area contributed by atoms with E-state index in [1.54, 1.807) is 4.90 Å². The van der Waals surface area contributed by atoms with Crippen LogP contribution in [0.4, 0.5) is 0 Å². The number of rotatable bonds is 10. The highest BCUT2D eigenvalue weighted by atomic mass is 16.5. The second kappa shape index (κ2) is 10.3. The van der Waals surface area contributed by atoms with E-state index < -0.39 is 6.04 Å². The number of amides is 1. The average molecular weight is 260 g/mol. The van der Waals surface area contributed by atoms with Gasteiger partial charge in [0.1, 0.15) is 0 Å². The summed E-state index contributed by atoms with van der Waals surface area (Å²) in [5.41, 5.74) is 5.90. The van der Waals surface area contributed by atoms with Crippen LogP contribution in [0.15, 0.2) is 0 Å². The minimum Gasteiger partial charge on any atom is -0.380 e. The number of carbonyl (C=O) groups excluding carboxylic acids is 1. The molecule has 2 N–H and O–H groups in total. The van der Waals surface area contributed by atoms with Gasteiger partial charge in [-0.3, -0.25) is 4.79 Å². The fourth-order valence-corrected chi connectivity index (χ4v) is 1.47. The van der Waals surface area contributed by atoms with Gasteiger partial charge in [0.2, 0.25) is 5.91 Å². The fraction of sp³-hybridized carbons (Fsp3) is 0.923. The van der Waals surface area contributed by atoms with Crippen molar-refractivity contribution in [1.82, 2.24) is 4.90 Å².